The average Bonchev–Trinajstić information content (AvgIpc) is 3.31. The lowest BCUT2D eigenvalue weighted by Crippen LogP contribution is -2.65. The van der Waals surface area contributed by atoms with E-state index in [1.165, 1.54) is 12.0 Å². The van der Waals surface area contributed by atoms with Gasteiger partial charge >= 0.3 is 19.5 Å². The van der Waals surface area contributed by atoms with Crippen molar-refractivity contribution in [3.8, 4) is 0 Å². The number of hydrogen-bond donors (Lipinski definition) is 3. The number of fused-ring (bicyclic) bond motifs is 4. The Balaban J connectivity index is 1.54. The number of allylic oxidation sites excluding steroid dienone is 3. The molecule has 2 saturated carbocycles. The van der Waals surface area contributed by atoms with Gasteiger partial charge in [-0.15, -0.1) is 0 Å². The third-order valence-corrected chi connectivity index (χ3v) is 17.9. The van der Waals surface area contributed by atoms with Crippen LogP contribution < -0.4 is 0 Å². The zero-order valence-electron chi connectivity index (χ0n) is 42.5. The SMILES string of the molecule is CCOC(=O)C(OC1CCC(/C=C2\C3CCCN4C(O)C(=O)C5(O)CC(CCC5C)C(OC)CCC(C)C/C(C)=C/C(CC)C(=O)CC(O)C(C)C2OC(=O)C34)CC1OC)P(=O)(OCC)OCC. The summed E-state index contributed by atoms with van der Waals surface area (Å²) in [7, 11) is -0.936. The van der Waals surface area contributed by atoms with Gasteiger partial charge in [-0.1, -0.05) is 45.4 Å². The highest BCUT2D eigenvalue weighted by atomic mass is 31.2. The zero-order valence-corrected chi connectivity index (χ0v) is 43.4. The Labute approximate surface area is 405 Å². The van der Waals surface area contributed by atoms with Gasteiger partial charge in [0.15, 0.2) is 6.23 Å². The van der Waals surface area contributed by atoms with E-state index in [2.05, 4.69) is 13.0 Å². The molecule has 0 radical (unpaired) electrons. The van der Waals surface area contributed by atoms with Crippen LogP contribution in [0, 0.1) is 41.4 Å². The third-order valence-electron chi connectivity index (χ3n) is 15.7. The predicted molar refractivity (Wildman–Crippen MR) is 254 cm³/mol. The molecule has 16 nitrogen and oxygen atoms in total. The molecule has 3 heterocycles. The van der Waals surface area contributed by atoms with Crippen molar-refractivity contribution in [3.63, 3.8) is 0 Å². The van der Waals surface area contributed by atoms with Crippen LogP contribution in [0.5, 0.6) is 0 Å². The third kappa shape index (κ3) is 13.0. The Hall–Kier alpha value is -2.37. The molecule has 2 aliphatic carbocycles. The van der Waals surface area contributed by atoms with Crippen molar-refractivity contribution in [2.75, 3.05) is 40.6 Å². The molecular formula is C51H84NO15P. The topological polar surface area (TPSA) is 214 Å². The number of piperidine rings is 1. The second kappa shape index (κ2) is 25.3. The molecule has 4 fully saturated rings. The summed E-state index contributed by atoms with van der Waals surface area (Å²) in [6, 6.07) is -1.08. The van der Waals surface area contributed by atoms with E-state index in [4.69, 9.17) is 32.7 Å². The number of esters is 2. The second-order valence-corrected chi connectivity index (χ2v) is 22.4. The van der Waals surface area contributed by atoms with Crippen LogP contribution in [-0.4, -0.2) is 139 Å². The first-order chi connectivity index (χ1) is 32.3. The van der Waals surface area contributed by atoms with Gasteiger partial charge in [0.05, 0.1) is 44.2 Å². The Morgan fingerprint density at radius 2 is 1.59 bits per heavy atom. The first-order valence-corrected chi connectivity index (χ1v) is 27.2. The lowest BCUT2D eigenvalue weighted by atomic mass is 9.66. The fourth-order valence-electron chi connectivity index (χ4n) is 11.9. The van der Waals surface area contributed by atoms with Crippen molar-refractivity contribution in [2.24, 2.45) is 41.4 Å². The summed E-state index contributed by atoms with van der Waals surface area (Å²) in [4.78, 5) is 57.9. The van der Waals surface area contributed by atoms with Crippen molar-refractivity contribution in [1.29, 1.82) is 0 Å². The van der Waals surface area contributed by atoms with Crippen LogP contribution in [0.4, 0.5) is 0 Å². The van der Waals surface area contributed by atoms with Crippen molar-refractivity contribution in [3.05, 3.63) is 23.3 Å². The van der Waals surface area contributed by atoms with E-state index in [9.17, 15) is 39.1 Å². The number of carbonyl (C=O) groups is 4. The van der Waals surface area contributed by atoms with Crippen LogP contribution in [0.2, 0.25) is 0 Å². The minimum absolute atomic E-state index is 0.00682. The molecule has 388 valence electrons. The van der Waals surface area contributed by atoms with Gasteiger partial charge in [0.25, 0.3) is 5.85 Å². The quantitative estimate of drug-likeness (QED) is 0.0954. The Morgan fingerprint density at radius 1 is 0.912 bits per heavy atom. The van der Waals surface area contributed by atoms with Gasteiger partial charge < -0.3 is 48.1 Å². The monoisotopic (exact) mass is 982 g/mol. The maximum absolute atomic E-state index is 14.7. The lowest BCUT2D eigenvalue weighted by Gasteiger charge is -2.50. The minimum atomic E-state index is -4.12. The van der Waals surface area contributed by atoms with Crippen LogP contribution in [0.15, 0.2) is 23.3 Å². The summed E-state index contributed by atoms with van der Waals surface area (Å²) in [5, 5.41) is 36.4. The fraction of sp³-hybridized carbons (Fsp3) is 0.843. The van der Waals surface area contributed by atoms with Crippen molar-refractivity contribution < 1.29 is 71.8 Å². The van der Waals surface area contributed by atoms with Crippen molar-refractivity contribution in [1.82, 2.24) is 4.90 Å². The summed E-state index contributed by atoms with van der Waals surface area (Å²) >= 11 is 0. The number of nitrogens with zero attached hydrogens (tertiary/aromatic N) is 1. The molecule has 68 heavy (non-hydrogen) atoms. The number of carbonyl (C=O) groups excluding carboxylic acids is 4. The normalized spacial score (nSPS) is 39.3. The van der Waals surface area contributed by atoms with Crippen LogP contribution in [0.3, 0.4) is 0 Å². The number of Topliss-reactive ketones (excluding diaryl/α,β-unsaturated/α-hetero) is 2. The summed E-state index contributed by atoms with van der Waals surface area (Å²) in [5.74, 6) is -6.20. The number of aliphatic hydroxyl groups is 3. The van der Waals surface area contributed by atoms with Crippen LogP contribution >= 0.6 is 7.60 Å². The van der Waals surface area contributed by atoms with E-state index in [1.54, 1.807) is 34.8 Å². The molecule has 0 aromatic heterocycles. The van der Waals surface area contributed by atoms with E-state index < -0.39 is 97.1 Å². The number of ether oxygens (including phenoxy) is 5. The molecule has 0 amide bonds. The molecule has 0 spiro atoms. The van der Waals surface area contributed by atoms with E-state index in [1.807, 2.05) is 26.8 Å². The Kier molecular flexibility index (Phi) is 21.1. The number of methoxy groups -OCH3 is 2. The van der Waals surface area contributed by atoms with Crippen LogP contribution in [0.1, 0.15) is 139 Å². The molecular weight excluding hydrogens is 898 g/mol. The van der Waals surface area contributed by atoms with Crippen LogP contribution in [-0.2, 0) is 56.5 Å². The molecule has 5 rings (SSSR count). The molecule has 16 atom stereocenters. The van der Waals surface area contributed by atoms with Gasteiger partial charge in [0, 0.05) is 44.9 Å². The smallest absolute Gasteiger partial charge is 0.370 e. The molecule has 0 aromatic rings. The van der Waals surface area contributed by atoms with Crippen molar-refractivity contribution in [2.45, 2.75) is 193 Å². The summed E-state index contributed by atoms with van der Waals surface area (Å²) in [6.07, 6.45) is 5.06. The zero-order chi connectivity index (χ0) is 50.1. The van der Waals surface area contributed by atoms with Gasteiger partial charge in [0.2, 0.25) is 5.78 Å². The number of hydrogen-bond acceptors (Lipinski definition) is 16. The van der Waals surface area contributed by atoms with Gasteiger partial charge in [0.1, 0.15) is 23.5 Å². The standard InChI is InChI=1S/C51H84NO15P/c1-11-35-25-31(6)24-30(5)17-21-41(61-9)36-20-18-32(7)51(59,29-36)46(55)47(56)52-23-15-16-37-38(45(67-48(57)44(37)52)33(8)39(53)28-40(35)54)26-34-19-22-42(43(27-34)62-10)66-50(49(58)63-12-2)68(60,64-13-3)65-14-4/h25-26,30,32-37,39,41-45,47,50,53,56,59H,11-24,27-29H2,1-10H3/b31-25+,38-26+. The molecule has 16 unspecified atom stereocenters. The largest absolute Gasteiger partial charge is 0.464 e. The molecule has 4 bridgehead atoms. The fourth-order valence-corrected chi connectivity index (χ4v) is 13.6. The van der Waals surface area contributed by atoms with E-state index >= 15 is 0 Å². The summed E-state index contributed by atoms with van der Waals surface area (Å²) < 4.78 is 55.0. The highest BCUT2D eigenvalue weighted by Crippen LogP contribution is 2.55. The first kappa shape index (κ1) is 56.5. The predicted octanol–water partition coefficient (Wildman–Crippen LogP) is 7.09. The van der Waals surface area contributed by atoms with Gasteiger partial charge in [-0.25, -0.2) is 4.79 Å². The van der Waals surface area contributed by atoms with Crippen molar-refractivity contribution >= 4 is 31.1 Å². The maximum atomic E-state index is 14.7. The van der Waals surface area contributed by atoms with E-state index in [0.717, 1.165) is 24.8 Å². The second-order valence-electron chi connectivity index (χ2n) is 20.3. The Bertz CT molecular complexity index is 1810. The molecule has 3 aliphatic heterocycles. The number of ketones is 2. The van der Waals surface area contributed by atoms with Gasteiger partial charge in [-0.3, -0.25) is 23.8 Å². The lowest BCUT2D eigenvalue weighted by molar-refractivity contribution is -0.188. The van der Waals surface area contributed by atoms with Crippen LogP contribution in [0.25, 0.3) is 0 Å². The number of aliphatic hydroxyl groups excluding tert-OH is 2. The minimum Gasteiger partial charge on any atom is -0.464 e. The van der Waals surface area contributed by atoms with Gasteiger partial charge in [-0.05, 0) is 134 Å². The highest BCUT2D eigenvalue weighted by molar-refractivity contribution is 7.55. The van der Waals surface area contributed by atoms with E-state index in [-0.39, 0.29) is 68.8 Å². The Morgan fingerprint density at radius 3 is 2.22 bits per heavy atom. The molecule has 3 N–H and O–H groups in total. The molecule has 0 aromatic carbocycles. The average molecular weight is 982 g/mol. The van der Waals surface area contributed by atoms with Gasteiger partial charge in [-0.2, -0.15) is 0 Å². The molecule has 2 saturated heterocycles. The highest BCUT2D eigenvalue weighted by Gasteiger charge is 2.56. The first-order valence-electron chi connectivity index (χ1n) is 25.6. The maximum Gasteiger partial charge on any atom is 0.370 e. The summed E-state index contributed by atoms with van der Waals surface area (Å²) in [6.45, 7) is 14.9. The molecule has 17 heteroatoms. The molecule has 5 aliphatic rings. The van der Waals surface area contributed by atoms with E-state index in [0.29, 0.717) is 56.9 Å². The number of rotatable bonds is 13. The summed E-state index contributed by atoms with van der Waals surface area (Å²) in [5.41, 5.74) is -0.0694.